The molecular weight excluding hydrogens is 304 g/mol. The highest BCUT2D eigenvalue weighted by molar-refractivity contribution is 5.93. The second kappa shape index (κ2) is 6.74. The van der Waals surface area contributed by atoms with Gasteiger partial charge < -0.3 is 15.5 Å². The minimum absolute atomic E-state index is 0.202. The van der Waals surface area contributed by atoms with Gasteiger partial charge in [0.25, 0.3) is 0 Å². The number of hydrogen-bond donors (Lipinski definition) is 2. The van der Waals surface area contributed by atoms with E-state index in [0.29, 0.717) is 29.7 Å². The van der Waals surface area contributed by atoms with E-state index in [1.54, 1.807) is 30.3 Å². The first-order chi connectivity index (χ1) is 11.5. The highest BCUT2D eigenvalue weighted by Gasteiger charge is 2.36. The Labute approximate surface area is 140 Å². The van der Waals surface area contributed by atoms with Crippen molar-refractivity contribution >= 4 is 17.9 Å². The molecule has 124 valence electrons. The Kier molecular flexibility index (Phi) is 4.51. The smallest absolute Gasteiger partial charge is 0.248 e. The van der Waals surface area contributed by atoms with E-state index in [9.17, 15) is 9.59 Å². The molecule has 1 aliphatic carbocycles. The zero-order valence-corrected chi connectivity index (χ0v) is 13.5. The number of amides is 2. The third kappa shape index (κ3) is 3.93. The van der Waals surface area contributed by atoms with Crippen LogP contribution in [0.15, 0.2) is 46.9 Å². The number of benzene rings is 1. The Hall–Kier alpha value is -2.82. The Bertz CT molecular complexity index is 774. The van der Waals surface area contributed by atoms with E-state index in [-0.39, 0.29) is 5.91 Å². The lowest BCUT2D eigenvalue weighted by Gasteiger charge is -2.03. The molecule has 1 fully saturated rings. The van der Waals surface area contributed by atoms with Crippen molar-refractivity contribution in [2.24, 2.45) is 11.7 Å². The molecule has 1 aromatic heterocycles. The number of primary amides is 1. The average Bonchev–Trinajstić information content (AvgIpc) is 3.11. The fourth-order valence-corrected chi connectivity index (χ4v) is 2.57. The molecule has 1 aliphatic rings. The quantitative estimate of drug-likeness (QED) is 0.801. The van der Waals surface area contributed by atoms with Gasteiger partial charge >= 0.3 is 0 Å². The number of carbonyl (C=O) groups is 2. The zero-order valence-electron chi connectivity index (χ0n) is 13.5. The molecule has 5 nitrogen and oxygen atoms in total. The predicted octanol–water partition coefficient (Wildman–Crippen LogP) is 2.83. The van der Waals surface area contributed by atoms with Crippen LogP contribution in [0.1, 0.15) is 46.7 Å². The molecule has 2 atom stereocenters. The van der Waals surface area contributed by atoms with Gasteiger partial charge in [-0.15, -0.1) is 0 Å². The Balaban J connectivity index is 1.50. The van der Waals surface area contributed by atoms with E-state index in [1.165, 1.54) is 12.5 Å². The second-order valence-electron chi connectivity index (χ2n) is 6.17. The van der Waals surface area contributed by atoms with Crippen molar-refractivity contribution < 1.29 is 14.0 Å². The van der Waals surface area contributed by atoms with E-state index < -0.39 is 5.91 Å². The second-order valence-corrected chi connectivity index (χ2v) is 6.17. The van der Waals surface area contributed by atoms with Crippen molar-refractivity contribution in [2.75, 3.05) is 0 Å². The summed E-state index contributed by atoms with van der Waals surface area (Å²) < 4.78 is 5.72. The number of furan rings is 1. The van der Waals surface area contributed by atoms with E-state index >= 15 is 0 Å². The van der Waals surface area contributed by atoms with Gasteiger partial charge in [0.05, 0.1) is 0 Å². The first-order valence-electron chi connectivity index (χ1n) is 7.97. The third-order valence-corrected chi connectivity index (χ3v) is 4.23. The van der Waals surface area contributed by atoms with Crippen LogP contribution in [0.25, 0.3) is 6.08 Å². The van der Waals surface area contributed by atoms with Gasteiger partial charge in [-0.2, -0.15) is 0 Å². The summed E-state index contributed by atoms with van der Waals surface area (Å²) in [7, 11) is 0. The van der Waals surface area contributed by atoms with Gasteiger partial charge in [0, 0.05) is 24.1 Å². The number of nitrogens with one attached hydrogen (secondary N) is 1. The van der Waals surface area contributed by atoms with Gasteiger partial charge in [-0.05, 0) is 48.2 Å². The fraction of sp³-hybridized carbons (Fsp3) is 0.263. The predicted molar refractivity (Wildman–Crippen MR) is 91.1 cm³/mol. The molecule has 0 bridgehead atoms. The Morgan fingerprint density at radius 2 is 1.96 bits per heavy atom. The monoisotopic (exact) mass is 324 g/mol. The molecule has 5 heteroatoms. The summed E-state index contributed by atoms with van der Waals surface area (Å²) in [5, 5.41) is 2.78. The van der Waals surface area contributed by atoms with Crippen LogP contribution in [0.3, 0.4) is 0 Å². The van der Waals surface area contributed by atoms with Crippen LogP contribution in [-0.4, -0.2) is 11.8 Å². The summed E-state index contributed by atoms with van der Waals surface area (Å²) >= 11 is 0. The highest BCUT2D eigenvalue weighted by Crippen LogP contribution is 2.47. The summed E-state index contributed by atoms with van der Waals surface area (Å²) in [5.74, 6) is 2.24. The molecule has 3 rings (SSSR count). The van der Waals surface area contributed by atoms with Crippen molar-refractivity contribution in [3.05, 3.63) is 65.1 Å². The van der Waals surface area contributed by atoms with Gasteiger partial charge in [-0.1, -0.05) is 19.1 Å². The average molecular weight is 324 g/mol. The molecular formula is C19H20N2O3. The third-order valence-electron chi connectivity index (χ3n) is 4.23. The summed E-state index contributed by atoms with van der Waals surface area (Å²) in [5.41, 5.74) is 6.53. The van der Waals surface area contributed by atoms with Crippen LogP contribution < -0.4 is 11.1 Å². The van der Waals surface area contributed by atoms with Gasteiger partial charge in [-0.3, -0.25) is 9.59 Å². The maximum atomic E-state index is 11.9. The maximum Gasteiger partial charge on any atom is 0.248 e. The fourth-order valence-electron chi connectivity index (χ4n) is 2.57. The van der Waals surface area contributed by atoms with Crippen LogP contribution >= 0.6 is 0 Å². The normalized spacial score (nSPS) is 19.4. The number of nitrogens with two attached hydrogens (primary N) is 1. The number of carbonyl (C=O) groups excluding carboxylic acids is 2. The van der Waals surface area contributed by atoms with Crippen molar-refractivity contribution in [1.29, 1.82) is 0 Å². The minimum Gasteiger partial charge on any atom is -0.461 e. The molecule has 0 unspecified atom stereocenters. The summed E-state index contributed by atoms with van der Waals surface area (Å²) in [6.45, 7) is 2.58. The molecule has 1 saturated carbocycles. The largest absolute Gasteiger partial charge is 0.461 e. The van der Waals surface area contributed by atoms with Gasteiger partial charge in [0.15, 0.2) is 0 Å². The summed E-state index contributed by atoms with van der Waals surface area (Å²) in [6.07, 6.45) is 4.30. The summed E-state index contributed by atoms with van der Waals surface area (Å²) in [6, 6.07) is 10.7. The van der Waals surface area contributed by atoms with Crippen LogP contribution in [0.5, 0.6) is 0 Å². The number of hydrogen-bond acceptors (Lipinski definition) is 3. The van der Waals surface area contributed by atoms with Gasteiger partial charge in [0.1, 0.15) is 11.5 Å². The van der Waals surface area contributed by atoms with E-state index in [4.69, 9.17) is 10.2 Å². The van der Waals surface area contributed by atoms with Crippen molar-refractivity contribution in [3.63, 3.8) is 0 Å². The lowest BCUT2D eigenvalue weighted by molar-refractivity contribution is -0.116. The van der Waals surface area contributed by atoms with E-state index in [2.05, 4.69) is 12.2 Å². The first kappa shape index (κ1) is 16.1. The zero-order chi connectivity index (χ0) is 17.1. The lowest BCUT2D eigenvalue weighted by Crippen LogP contribution is -2.20. The van der Waals surface area contributed by atoms with Crippen molar-refractivity contribution in [2.45, 2.75) is 25.8 Å². The molecule has 0 spiro atoms. The number of rotatable bonds is 6. The van der Waals surface area contributed by atoms with Crippen LogP contribution in [0.4, 0.5) is 0 Å². The Morgan fingerprint density at radius 1 is 1.25 bits per heavy atom. The van der Waals surface area contributed by atoms with E-state index in [1.807, 2.05) is 12.1 Å². The van der Waals surface area contributed by atoms with Gasteiger partial charge in [0.2, 0.25) is 11.8 Å². The molecule has 2 amide bonds. The molecule has 2 aromatic rings. The molecule has 0 aliphatic heterocycles. The molecule has 24 heavy (non-hydrogen) atoms. The van der Waals surface area contributed by atoms with Gasteiger partial charge in [-0.25, -0.2) is 0 Å². The van der Waals surface area contributed by atoms with E-state index in [0.717, 1.165) is 11.3 Å². The molecule has 0 saturated heterocycles. The highest BCUT2D eigenvalue weighted by atomic mass is 16.3. The van der Waals surface area contributed by atoms with Crippen molar-refractivity contribution in [1.82, 2.24) is 5.32 Å². The van der Waals surface area contributed by atoms with Crippen LogP contribution in [0.2, 0.25) is 0 Å². The molecule has 1 aromatic carbocycles. The molecule has 0 radical (unpaired) electrons. The standard InChI is InChI=1S/C19H20N2O3/c1-12-10-16(12)17-8-6-15(24-17)7-9-18(22)21-11-13-2-4-14(5-3-13)19(20)23/h2-9,12,16H,10-11H2,1H3,(H2,20,23)(H,21,22)/b9-7-/t12-,16+/m1/s1. The SMILES string of the molecule is C[C@@H]1C[C@@H]1c1ccc(/C=C\C(=O)NCc2ccc(C(N)=O)cc2)o1. The van der Waals surface area contributed by atoms with Crippen LogP contribution in [-0.2, 0) is 11.3 Å². The summed E-state index contributed by atoms with van der Waals surface area (Å²) in [4.78, 5) is 22.9. The molecule has 3 N–H and O–H groups in total. The van der Waals surface area contributed by atoms with Crippen LogP contribution in [0, 0.1) is 5.92 Å². The topological polar surface area (TPSA) is 85.3 Å². The lowest BCUT2D eigenvalue weighted by atomic mass is 10.1. The Morgan fingerprint density at radius 3 is 2.58 bits per heavy atom. The first-order valence-corrected chi connectivity index (χ1v) is 7.97. The molecule has 1 heterocycles. The minimum atomic E-state index is -0.466. The van der Waals surface area contributed by atoms with Crippen molar-refractivity contribution in [3.8, 4) is 0 Å². The maximum absolute atomic E-state index is 11.9.